The van der Waals surface area contributed by atoms with Gasteiger partial charge in [-0.25, -0.2) is 0 Å². The second-order valence-corrected chi connectivity index (χ2v) is 4.95. The van der Waals surface area contributed by atoms with Crippen molar-refractivity contribution in [2.24, 2.45) is 0 Å². The van der Waals surface area contributed by atoms with Crippen molar-refractivity contribution in [1.29, 1.82) is 0 Å². The number of hydrogen-bond acceptors (Lipinski definition) is 2. The second-order valence-electron chi connectivity index (χ2n) is 4.95. The van der Waals surface area contributed by atoms with Crippen LogP contribution in [0.3, 0.4) is 0 Å². The molecule has 3 nitrogen and oxygen atoms in total. The van der Waals surface area contributed by atoms with E-state index in [1.807, 2.05) is 19.1 Å². The van der Waals surface area contributed by atoms with E-state index in [0.29, 0.717) is 5.69 Å². The predicted octanol–water partition coefficient (Wildman–Crippen LogP) is 3.17. The molecule has 0 aliphatic heterocycles. The van der Waals surface area contributed by atoms with E-state index in [-0.39, 0.29) is 24.8 Å². The molecule has 112 valence electrons. The summed E-state index contributed by atoms with van der Waals surface area (Å²) < 4.78 is 36.3. The monoisotopic (exact) mass is 288 g/mol. The molecule has 1 rings (SSSR count). The van der Waals surface area contributed by atoms with Crippen LogP contribution >= 0.6 is 0 Å². The normalized spacial score (nSPS) is 13.1. The Morgan fingerprint density at radius 1 is 1.30 bits per heavy atom. The average Bonchev–Trinajstić information content (AvgIpc) is 2.35. The Morgan fingerprint density at radius 3 is 2.35 bits per heavy atom. The largest absolute Gasteiger partial charge is 0.399 e. The van der Waals surface area contributed by atoms with Crippen molar-refractivity contribution in [2.45, 2.75) is 31.9 Å². The molecule has 0 saturated heterocycles. The zero-order valence-electron chi connectivity index (χ0n) is 11.6. The van der Waals surface area contributed by atoms with Crippen LogP contribution in [-0.4, -0.2) is 30.6 Å². The number of benzene rings is 1. The van der Waals surface area contributed by atoms with Crippen molar-refractivity contribution in [1.82, 2.24) is 4.90 Å². The Balaban J connectivity index is 2.50. The Kier molecular flexibility index (Phi) is 5.42. The summed E-state index contributed by atoms with van der Waals surface area (Å²) in [5.74, 6) is -0.352. The van der Waals surface area contributed by atoms with Crippen LogP contribution in [0.5, 0.6) is 0 Å². The number of carbonyl (C=O) groups is 1. The molecule has 0 spiro atoms. The zero-order chi connectivity index (χ0) is 15.3. The smallest absolute Gasteiger partial charge is 0.390 e. The van der Waals surface area contributed by atoms with Crippen LogP contribution < -0.4 is 5.73 Å². The Hall–Kier alpha value is -1.72. The van der Waals surface area contributed by atoms with Gasteiger partial charge < -0.3 is 10.6 Å². The number of amides is 1. The molecular weight excluding hydrogens is 269 g/mol. The van der Waals surface area contributed by atoms with Crippen molar-refractivity contribution >= 4 is 11.6 Å². The van der Waals surface area contributed by atoms with E-state index in [2.05, 4.69) is 0 Å². The fraction of sp³-hybridized carbons (Fsp3) is 0.500. The molecule has 0 aliphatic rings. The Labute approximate surface area is 116 Å². The van der Waals surface area contributed by atoms with Gasteiger partial charge >= 0.3 is 6.18 Å². The van der Waals surface area contributed by atoms with Gasteiger partial charge in [0.15, 0.2) is 0 Å². The first-order valence-electron chi connectivity index (χ1n) is 6.35. The van der Waals surface area contributed by atoms with Gasteiger partial charge in [0.1, 0.15) is 0 Å². The minimum Gasteiger partial charge on any atom is -0.399 e. The van der Waals surface area contributed by atoms with Crippen LogP contribution in [0.1, 0.15) is 31.2 Å². The van der Waals surface area contributed by atoms with Crippen LogP contribution in [-0.2, 0) is 4.79 Å². The number of anilines is 1. The molecule has 1 unspecified atom stereocenters. The van der Waals surface area contributed by atoms with Gasteiger partial charge in [0.05, 0.1) is 6.42 Å². The summed E-state index contributed by atoms with van der Waals surface area (Å²) >= 11 is 0. The van der Waals surface area contributed by atoms with Gasteiger partial charge in [-0.05, 0) is 23.6 Å². The molecule has 0 heterocycles. The fourth-order valence-electron chi connectivity index (χ4n) is 1.78. The zero-order valence-corrected chi connectivity index (χ0v) is 11.6. The van der Waals surface area contributed by atoms with E-state index in [1.165, 1.54) is 7.05 Å². The lowest BCUT2D eigenvalue weighted by Crippen LogP contribution is -2.31. The van der Waals surface area contributed by atoms with Crippen molar-refractivity contribution in [3.05, 3.63) is 29.8 Å². The number of nitrogen functional groups attached to an aromatic ring is 1. The molecule has 0 saturated carbocycles. The van der Waals surface area contributed by atoms with E-state index in [1.54, 1.807) is 12.1 Å². The van der Waals surface area contributed by atoms with Crippen LogP contribution in [0.4, 0.5) is 18.9 Å². The highest BCUT2D eigenvalue weighted by Crippen LogP contribution is 2.22. The maximum atomic E-state index is 12.1. The number of hydrogen-bond donors (Lipinski definition) is 1. The van der Waals surface area contributed by atoms with Crippen molar-refractivity contribution < 1.29 is 18.0 Å². The van der Waals surface area contributed by atoms with Crippen LogP contribution in [0.25, 0.3) is 0 Å². The van der Waals surface area contributed by atoms with E-state index in [9.17, 15) is 18.0 Å². The molecule has 2 N–H and O–H groups in total. The number of nitrogens with zero attached hydrogens (tertiary/aromatic N) is 1. The molecule has 0 fully saturated rings. The minimum absolute atomic E-state index is 0.0589. The SMILES string of the molecule is CC(CC(=O)N(C)CCC(F)(F)F)c1ccc(N)cc1. The van der Waals surface area contributed by atoms with Crippen molar-refractivity contribution in [3.8, 4) is 0 Å². The molecule has 0 radical (unpaired) electrons. The summed E-state index contributed by atoms with van der Waals surface area (Å²) in [6, 6.07) is 7.12. The van der Waals surface area contributed by atoms with E-state index >= 15 is 0 Å². The molecule has 1 aromatic carbocycles. The molecule has 0 aromatic heterocycles. The number of alkyl halides is 3. The lowest BCUT2D eigenvalue weighted by Gasteiger charge is -2.20. The van der Waals surface area contributed by atoms with Gasteiger partial charge in [0.25, 0.3) is 0 Å². The molecular formula is C14H19F3N2O. The third kappa shape index (κ3) is 5.50. The van der Waals surface area contributed by atoms with Gasteiger partial charge in [-0.2, -0.15) is 13.2 Å². The summed E-state index contributed by atoms with van der Waals surface area (Å²) in [5.41, 5.74) is 7.15. The quantitative estimate of drug-likeness (QED) is 0.846. The average molecular weight is 288 g/mol. The number of halogens is 3. The summed E-state index contributed by atoms with van der Waals surface area (Å²) in [7, 11) is 1.39. The highest BCUT2D eigenvalue weighted by molar-refractivity contribution is 5.76. The third-order valence-corrected chi connectivity index (χ3v) is 3.14. The highest BCUT2D eigenvalue weighted by Gasteiger charge is 2.28. The number of nitrogens with two attached hydrogens (primary N) is 1. The van der Waals surface area contributed by atoms with Crippen molar-refractivity contribution in [2.75, 3.05) is 19.3 Å². The summed E-state index contributed by atoms with van der Waals surface area (Å²) in [4.78, 5) is 13.0. The summed E-state index contributed by atoms with van der Waals surface area (Å²) in [6.07, 6.45) is -5.04. The maximum Gasteiger partial charge on any atom is 0.390 e. The van der Waals surface area contributed by atoms with Gasteiger partial charge in [0.2, 0.25) is 5.91 Å². The highest BCUT2D eigenvalue weighted by atomic mass is 19.4. The molecule has 1 amide bonds. The Bertz CT molecular complexity index is 443. The predicted molar refractivity (Wildman–Crippen MR) is 72.2 cm³/mol. The molecule has 1 atom stereocenters. The van der Waals surface area contributed by atoms with Crippen LogP contribution in [0.15, 0.2) is 24.3 Å². The lowest BCUT2D eigenvalue weighted by molar-refractivity contribution is -0.144. The molecule has 1 aromatic rings. The van der Waals surface area contributed by atoms with E-state index < -0.39 is 12.6 Å². The molecule has 0 aliphatic carbocycles. The first-order chi connectivity index (χ1) is 9.19. The van der Waals surface area contributed by atoms with Gasteiger partial charge in [-0.1, -0.05) is 19.1 Å². The van der Waals surface area contributed by atoms with Crippen molar-refractivity contribution in [3.63, 3.8) is 0 Å². The molecule has 6 heteroatoms. The van der Waals surface area contributed by atoms with Gasteiger partial charge in [-0.15, -0.1) is 0 Å². The molecule has 0 bridgehead atoms. The molecule has 20 heavy (non-hydrogen) atoms. The summed E-state index contributed by atoms with van der Waals surface area (Å²) in [6.45, 7) is 1.55. The number of carbonyl (C=O) groups excluding carboxylic acids is 1. The second kappa shape index (κ2) is 6.63. The first-order valence-corrected chi connectivity index (χ1v) is 6.35. The fourth-order valence-corrected chi connectivity index (χ4v) is 1.78. The standard InChI is InChI=1S/C14H19F3N2O/c1-10(11-3-5-12(18)6-4-11)9-13(20)19(2)8-7-14(15,16)17/h3-6,10H,7-9,18H2,1-2H3. The topological polar surface area (TPSA) is 46.3 Å². The van der Waals surface area contributed by atoms with Gasteiger partial charge in [-0.3, -0.25) is 4.79 Å². The van der Waals surface area contributed by atoms with Gasteiger partial charge in [0, 0.05) is 25.7 Å². The minimum atomic E-state index is -4.24. The van der Waals surface area contributed by atoms with E-state index in [0.717, 1.165) is 10.5 Å². The summed E-state index contributed by atoms with van der Waals surface area (Å²) in [5, 5.41) is 0. The number of rotatable bonds is 5. The van der Waals surface area contributed by atoms with Crippen LogP contribution in [0, 0.1) is 0 Å². The third-order valence-electron chi connectivity index (χ3n) is 3.14. The Morgan fingerprint density at radius 2 is 1.85 bits per heavy atom. The lowest BCUT2D eigenvalue weighted by atomic mass is 9.97. The maximum absolute atomic E-state index is 12.1. The van der Waals surface area contributed by atoms with E-state index in [4.69, 9.17) is 5.73 Å². The van der Waals surface area contributed by atoms with Crippen LogP contribution in [0.2, 0.25) is 0 Å². The first kappa shape index (κ1) is 16.3.